The minimum atomic E-state index is -4.69. The van der Waals surface area contributed by atoms with E-state index in [1.165, 1.54) is 7.11 Å². The minimum Gasteiger partial charge on any atom is -0.497 e. The molecule has 0 aliphatic rings. The van der Waals surface area contributed by atoms with E-state index < -0.39 is 58.1 Å². The fraction of sp³-hybridized carbons (Fsp3) is 0.300. The van der Waals surface area contributed by atoms with Gasteiger partial charge in [0.1, 0.15) is 5.75 Å². The molecule has 2 aromatic carbocycles. The highest BCUT2D eigenvalue weighted by molar-refractivity contribution is 7.89. The van der Waals surface area contributed by atoms with Gasteiger partial charge in [-0.2, -0.15) is 13.2 Å². The monoisotopic (exact) mass is 474 g/mol. The number of benzene rings is 2. The van der Waals surface area contributed by atoms with Gasteiger partial charge in [-0.15, -0.1) is 0 Å². The van der Waals surface area contributed by atoms with Crippen LogP contribution in [0.5, 0.6) is 5.75 Å². The highest BCUT2D eigenvalue weighted by atomic mass is 32.2. The van der Waals surface area contributed by atoms with E-state index in [-0.39, 0.29) is 6.54 Å². The largest absolute Gasteiger partial charge is 0.497 e. The Kier molecular flexibility index (Phi) is 8.61. The van der Waals surface area contributed by atoms with Crippen molar-refractivity contribution < 1.29 is 40.7 Å². The van der Waals surface area contributed by atoms with Gasteiger partial charge in [0.25, 0.3) is 5.91 Å². The molecule has 0 aliphatic carbocycles. The smallest absolute Gasteiger partial charge is 0.416 e. The van der Waals surface area contributed by atoms with E-state index >= 15 is 0 Å². The normalized spacial score (nSPS) is 11.6. The average Bonchev–Trinajstić information content (AvgIpc) is 2.75. The maximum absolute atomic E-state index is 12.7. The van der Waals surface area contributed by atoms with Crippen LogP contribution in [0.15, 0.2) is 53.4 Å². The summed E-state index contributed by atoms with van der Waals surface area (Å²) in [6, 6.07) is 10.2. The van der Waals surface area contributed by atoms with Crippen LogP contribution in [0.4, 0.5) is 13.2 Å². The number of esters is 1. The molecule has 32 heavy (non-hydrogen) atoms. The van der Waals surface area contributed by atoms with E-state index in [0.717, 1.165) is 23.8 Å². The van der Waals surface area contributed by atoms with E-state index in [0.29, 0.717) is 11.8 Å². The molecule has 0 bridgehead atoms. The van der Waals surface area contributed by atoms with E-state index in [2.05, 4.69) is 5.32 Å². The van der Waals surface area contributed by atoms with E-state index in [9.17, 15) is 31.2 Å². The molecule has 12 heteroatoms. The Hall–Kier alpha value is -3.12. The number of carbonyl (C=O) groups excluding carboxylic acids is 2. The van der Waals surface area contributed by atoms with E-state index in [1.807, 2.05) is 4.72 Å². The first-order chi connectivity index (χ1) is 15.0. The molecule has 0 aliphatic heterocycles. The molecule has 0 unspecified atom stereocenters. The van der Waals surface area contributed by atoms with Gasteiger partial charge >= 0.3 is 12.1 Å². The molecule has 2 aromatic rings. The number of halogens is 3. The van der Waals surface area contributed by atoms with Crippen LogP contribution in [0.2, 0.25) is 0 Å². The highest BCUT2D eigenvalue weighted by Crippen LogP contribution is 2.30. The number of nitrogens with one attached hydrogen (secondary N) is 2. The summed E-state index contributed by atoms with van der Waals surface area (Å²) in [5, 5.41) is 2.55. The second-order valence-electron chi connectivity index (χ2n) is 6.46. The molecule has 0 saturated carbocycles. The molecule has 2 rings (SSSR count). The second kappa shape index (κ2) is 11.0. The number of hydrogen-bond acceptors (Lipinski definition) is 6. The third kappa shape index (κ3) is 7.85. The topological polar surface area (TPSA) is 111 Å². The zero-order valence-corrected chi connectivity index (χ0v) is 17.8. The Labute approximate surface area is 182 Å². The Balaban J connectivity index is 1.75. The number of carbonyl (C=O) groups is 2. The van der Waals surface area contributed by atoms with Crippen molar-refractivity contribution in [3.63, 3.8) is 0 Å². The van der Waals surface area contributed by atoms with Crippen molar-refractivity contribution in [1.29, 1.82) is 0 Å². The van der Waals surface area contributed by atoms with Crippen molar-refractivity contribution in [1.82, 2.24) is 10.0 Å². The van der Waals surface area contributed by atoms with Gasteiger partial charge in [0.05, 0.1) is 24.0 Å². The van der Waals surface area contributed by atoms with Crippen LogP contribution < -0.4 is 14.8 Å². The molecule has 2 N–H and O–H groups in total. The fourth-order valence-corrected chi connectivity index (χ4v) is 3.54. The maximum atomic E-state index is 12.7. The highest BCUT2D eigenvalue weighted by Gasteiger charge is 2.31. The molecule has 0 aromatic heterocycles. The van der Waals surface area contributed by atoms with Crippen LogP contribution >= 0.6 is 0 Å². The predicted molar refractivity (Wildman–Crippen MR) is 107 cm³/mol. The molecule has 0 spiro atoms. The molecular formula is C20H21F3N2O6S. The minimum absolute atomic E-state index is 0.185. The van der Waals surface area contributed by atoms with Gasteiger partial charge in [-0.05, 0) is 35.9 Å². The molecule has 1 amide bonds. The summed E-state index contributed by atoms with van der Waals surface area (Å²) in [5.41, 5.74) is -0.340. The summed E-state index contributed by atoms with van der Waals surface area (Å²) in [7, 11) is -2.75. The summed E-state index contributed by atoms with van der Waals surface area (Å²) in [6.07, 6.45) is -5.11. The molecule has 0 radical (unpaired) electrons. The van der Waals surface area contributed by atoms with Crippen LogP contribution in [0.3, 0.4) is 0 Å². The van der Waals surface area contributed by atoms with Crippen molar-refractivity contribution in [2.45, 2.75) is 24.0 Å². The summed E-state index contributed by atoms with van der Waals surface area (Å²) < 4.78 is 74.3. The van der Waals surface area contributed by atoms with Gasteiger partial charge in [-0.3, -0.25) is 9.59 Å². The van der Waals surface area contributed by atoms with Crippen LogP contribution in [-0.4, -0.2) is 40.6 Å². The quantitative estimate of drug-likeness (QED) is 0.511. The lowest BCUT2D eigenvalue weighted by atomic mass is 10.2. The van der Waals surface area contributed by atoms with Crippen molar-refractivity contribution in [2.75, 3.05) is 20.3 Å². The number of hydrogen-bond donors (Lipinski definition) is 2. The van der Waals surface area contributed by atoms with Crippen molar-refractivity contribution >= 4 is 21.9 Å². The number of sulfonamides is 1. The zero-order valence-electron chi connectivity index (χ0n) is 16.9. The van der Waals surface area contributed by atoms with Gasteiger partial charge in [0, 0.05) is 13.1 Å². The number of ether oxygens (including phenoxy) is 2. The van der Waals surface area contributed by atoms with Crippen LogP contribution in [0.1, 0.15) is 17.5 Å². The van der Waals surface area contributed by atoms with Gasteiger partial charge in [0.15, 0.2) is 6.61 Å². The standard InChI is InChI=1S/C20H21F3N2O6S/c1-30-16-6-2-4-14(10-16)12-24-18(26)13-31-19(27)8-9-25-32(28,29)17-7-3-5-15(11-17)20(21,22)23/h2-7,10-11,25H,8-9,12-13H2,1H3,(H,24,26). The lowest BCUT2D eigenvalue weighted by molar-refractivity contribution is -0.148. The Morgan fingerprint density at radius 2 is 1.78 bits per heavy atom. The zero-order chi connectivity index (χ0) is 23.8. The first-order valence-corrected chi connectivity index (χ1v) is 10.7. The number of amides is 1. The summed E-state index contributed by atoms with van der Waals surface area (Å²) >= 11 is 0. The van der Waals surface area contributed by atoms with Crippen molar-refractivity contribution in [3.05, 3.63) is 59.7 Å². The Bertz CT molecular complexity index is 1060. The van der Waals surface area contributed by atoms with Crippen molar-refractivity contribution in [3.8, 4) is 5.75 Å². The lowest BCUT2D eigenvalue weighted by Crippen LogP contribution is -2.30. The van der Waals surface area contributed by atoms with Crippen molar-refractivity contribution in [2.24, 2.45) is 0 Å². The molecule has 174 valence electrons. The summed E-state index contributed by atoms with van der Waals surface area (Å²) in [4.78, 5) is 22.9. The van der Waals surface area contributed by atoms with E-state index in [4.69, 9.17) is 9.47 Å². The third-order valence-electron chi connectivity index (χ3n) is 4.08. The van der Waals surface area contributed by atoms with E-state index in [1.54, 1.807) is 24.3 Å². The third-order valence-corrected chi connectivity index (χ3v) is 5.54. The Morgan fingerprint density at radius 3 is 2.47 bits per heavy atom. The Morgan fingerprint density at radius 1 is 1.06 bits per heavy atom. The molecule has 0 heterocycles. The molecule has 0 fully saturated rings. The molecular weight excluding hydrogens is 453 g/mol. The first kappa shape index (κ1) is 25.1. The van der Waals surface area contributed by atoms with Crippen LogP contribution in [0, 0.1) is 0 Å². The van der Waals surface area contributed by atoms with Crippen LogP contribution in [0.25, 0.3) is 0 Å². The predicted octanol–water partition coefficient (Wildman–Crippen LogP) is 2.24. The second-order valence-corrected chi connectivity index (χ2v) is 8.23. The molecule has 8 nitrogen and oxygen atoms in total. The first-order valence-electron chi connectivity index (χ1n) is 9.23. The number of rotatable bonds is 10. The molecule has 0 atom stereocenters. The van der Waals surface area contributed by atoms with Gasteiger partial charge in [0.2, 0.25) is 10.0 Å². The number of alkyl halides is 3. The summed E-state index contributed by atoms with van der Waals surface area (Å²) in [5.74, 6) is -0.797. The summed E-state index contributed by atoms with van der Waals surface area (Å²) in [6.45, 7) is -0.795. The average molecular weight is 474 g/mol. The fourth-order valence-electron chi connectivity index (χ4n) is 2.46. The lowest BCUT2D eigenvalue weighted by Gasteiger charge is -2.10. The van der Waals surface area contributed by atoms with Gasteiger partial charge < -0.3 is 14.8 Å². The molecule has 0 saturated heterocycles. The number of methoxy groups -OCH3 is 1. The van der Waals surface area contributed by atoms with Gasteiger partial charge in [-0.1, -0.05) is 18.2 Å². The SMILES string of the molecule is COc1cccc(CNC(=O)COC(=O)CCNS(=O)(=O)c2cccc(C(F)(F)F)c2)c1. The van der Waals surface area contributed by atoms with Gasteiger partial charge in [-0.25, -0.2) is 13.1 Å². The van der Waals surface area contributed by atoms with Crippen LogP contribution in [-0.2, 0) is 37.1 Å². The maximum Gasteiger partial charge on any atom is 0.416 e.